The summed E-state index contributed by atoms with van der Waals surface area (Å²) >= 11 is 0. The van der Waals surface area contributed by atoms with Crippen molar-refractivity contribution < 1.29 is 27.5 Å². The molecule has 1 fully saturated rings. The molecule has 0 saturated carbocycles. The van der Waals surface area contributed by atoms with Gasteiger partial charge in [-0.3, -0.25) is 4.79 Å². The Balaban J connectivity index is 1.95. The van der Waals surface area contributed by atoms with Gasteiger partial charge in [0.25, 0.3) is 0 Å². The Morgan fingerprint density at radius 3 is 2.68 bits per heavy atom. The molecule has 8 heteroatoms. The zero-order chi connectivity index (χ0) is 14.0. The first-order valence-corrected chi connectivity index (χ1v) is 7.43. The van der Waals surface area contributed by atoms with E-state index in [2.05, 4.69) is 5.32 Å². The molecule has 7 nitrogen and oxygen atoms in total. The quantitative estimate of drug-likeness (QED) is 0.816. The third-order valence-corrected chi connectivity index (χ3v) is 5.10. The van der Waals surface area contributed by atoms with E-state index >= 15 is 0 Å². The number of amides is 1. The molecule has 0 spiro atoms. The standard InChI is InChI=1S/C11H13NO6S/c13-10(9-2-1-5-19(9,16)17)12-6-7-3-4-8(18-7)11(14)15/h3-4,9H,1-2,5-6H2,(H,12,13)(H,14,15). The SMILES string of the molecule is O=C(O)c1ccc(CNC(=O)C2CCCS2(=O)=O)o1. The highest BCUT2D eigenvalue weighted by Gasteiger charge is 2.36. The zero-order valence-electron chi connectivity index (χ0n) is 9.96. The van der Waals surface area contributed by atoms with Gasteiger partial charge in [-0.05, 0) is 25.0 Å². The molecule has 1 atom stereocenters. The van der Waals surface area contributed by atoms with Crippen LogP contribution in [0.5, 0.6) is 0 Å². The van der Waals surface area contributed by atoms with Crippen LogP contribution in [-0.2, 0) is 21.2 Å². The topological polar surface area (TPSA) is 114 Å². The van der Waals surface area contributed by atoms with Crippen molar-refractivity contribution in [3.05, 3.63) is 23.7 Å². The second-order valence-electron chi connectivity index (χ2n) is 4.29. The molecule has 0 aromatic carbocycles. The molecule has 104 valence electrons. The summed E-state index contributed by atoms with van der Waals surface area (Å²) in [6, 6.07) is 2.70. The Bertz CT molecular complexity index is 602. The fourth-order valence-corrected chi connectivity index (χ4v) is 3.75. The molecule has 1 saturated heterocycles. The van der Waals surface area contributed by atoms with Crippen LogP contribution in [-0.4, -0.2) is 36.4 Å². The van der Waals surface area contributed by atoms with Crippen LogP contribution >= 0.6 is 0 Å². The monoisotopic (exact) mass is 287 g/mol. The molecule has 0 aliphatic carbocycles. The van der Waals surface area contributed by atoms with Crippen LogP contribution in [0.3, 0.4) is 0 Å². The molecule has 19 heavy (non-hydrogen) atoms. The third kappa shape index (κ3) is 2.95. The predicted octanol–water partition coefficient (Wildman–Crippen LogP) is 0.171. The number of carbonyl (C=O) groups is 2. The van der Waals surface area contributed by atoms with Crippen molar-refractivity contribution in [1.29, 1.82) is 0 Å². The lowest BCUT2D eigenvalue weighted by Crippen LogP contribution is -2.37. The van der Waals surface area contributed by atoms with Gasteiger partial charge in [-0.15, -0.1) is 0 Å². The Kier molecular flexibility index (Phi) is 3.61. The van der Waals surface area contributed by atoms with E-state index in [-0.39, 0.29) is 23.8 Å². The molecule has 1 aromatic heterocycles. The Hall–Kier alpha value is -1.83. The largest absolute Gasteiger partial charge is 0.475 e. The van der Waals surface area contributed by atoms with Gasteiger partial charge in [-0.25, -0.2) is 13.2 Å². The molecule has 0 radical (unpaired) electrons. The average molecular weight is 287 g/mol. The highest BCUT2D eigenvalue weighted by atomic mass is 32.2. The third-order valence-electron chi connectivity index (χ3n) is 2.93. The van der Waals surface area contributed by atoms with Gasteiger partial charge in [0.2, 0.25) is 11.7 Å². The summed E-state index contributed by atoms with van der Waals surface area (Å²) in [6.07, 6.45) is 0.816. The second kappa shape index (κ2) is 5.04. The van der Waals surface area contributed by atoms with Crippen LogP contribution in [0.25, 0.3) is 0 Å². The minimum atomic E-state index is -3.34. The van der Waals surface area contributed by atoms with E-state index in [1.807, 2.05) is 0 Å². The van der Waals surface area contributed by atoms with E-state index < -0.39 is 27.0 Å². The van der Waals surface area contributed by atoms with Crippen LogP contribution in [0.4, 0.5) is 0 Å². The maximum atomic E-state index is 11.7. The number of sulfone groups is 1. The highest BCUT2D eigenvalue weighted by molar-refractivity contribution is 7.93. The van der Waals surface area contributed by atoms with Crippen molar-refractivity contribution in [3.8, 4) is 0 Å². The maximum Gasteiger partial charge on any atom is 0.371 e. The van der Waals surface area contributed by atoms with Crippen LogP contribution < -0.4 is 5.32 Å². The summed E-state index contributed by atoms with van der Waals surface area (Å²) in [5.74, 6) is -1.68. The Labute approximate surface area is 109 Å². The fourth-order valence-electron chi connectivity index (χ4n) is 1.96. The lowest BCUT2D eigenvalue weighted by Gasteiger charge is -2.09. The minimum absolute atomic E-state index is 0.0296. The van der Waals surface area contributed by atoms with Crippen molar-refractivity contribution in [2.45, 2.75) is 24.6 Å². The van der Waals surface area contributed by atoms with E-state index in [1.165, 1.54) is 12.1 Å². The molecule has 1 amide bonds. The number of furan rings is 1. The molecule has 2 N–H and O–H groups in total. The molecule has 1 aromatic rings. The summed E-state index contributed by atoms with van der Waals surface area (Å²) in [6.45, 7) is -0.0296. The zero-order valence-corrected chi connectivity index (χ0v) is 10.8. The summed E-state index contributed by atoms with van der Waals surface area (Å²) in [5, 5.41) is 10.1. The first kappa shape index (κ1) is 13.6. The smallest absolute Gasteiger partial charge is 0.371 e. The number of rotatable bonds is 4. The van der Waals surface area contributed by atoms with Gasteiger partial charge >= 0.3 is 5.97 Å². The normalized spacial score (nSPS) is 21.2. The molecule has 1 unspecified atom stereocenters. The predicted molar refractivity (Wildman–Crippen MR) is 64.3 cm³/mol. The molecule has 0 bridgehead atoms. The van der Waals surface area contributed by atoms with E-state index in [9.17, 15) is 18.0 Å². The van der Waals surface area contributed by atoms with Crippen molar-refractivity contribution >= 4 is 21.7 Å². The number of aromatic carboxylic acids is 1. The van der Waals surface area contributed by atoms with Crippen LogP contribution in [0.2, 0.25) is 0 Å². The van der Waals surface area contributed by atoms with Gasteiger partial charge < -0.3 is 14.8 Å². The summed E-state index contributed by atoms with van der Waals surface area (Å²) in [7, 11) is -3.34. The van der Waals surface area contributed by atoms with Crippen LogP contribution in [0.15, 0.2) is 16.5 Å². The van der Waals surface area contributed by atoms with E-state index in [0.29, 0.717) is 12.8 Å². The lowest BCUT2D eigenvalue weighted by molar-refractivity contribution is -0.120. The van der Waals surface area contributed by atoms with E-state index in [1.54, 1.807) is 0 Å². The van der Waals surface area contributed by atoms with Crippen LogP contribution in [0, 0.1) is 0 Å². The summed E-state index contributed by atoms with van der Waals surface area (Å²) < 4.78 is 28.0. The van der Waals surface area contributed by atoms with Gasteiger partial charge in [0, 0.05) is 0 Å². The van der Waals surface area contributed by atoms with Crippen molar-refractivity contribution in [2.24, 2.45) is 0 Å². The highest BCUT2D eigenvalue weighted by Crippen LogP contribution is 2.20. The first-order valence-electron chi connectivity index (χ1n) is 5.71. The average Bonchev–Trinajstić information content (AvgIpc) is 2.92. The second-order valence-corrected chi connectivity index (χ2v) is 6.59. The van der Waals surface area contributed by atoms with Crippen molar-refractivity contribution in [2.75, 3.05) is 5.75 Å². The van der Waals surface area contributed by atoms with Gasteiger partial charge in [0.1, 0.15) is 11.0 Å². The van der Waals surface area contributed by atoms with Gasteiger partial charge in [0.15, 0.2) is 9.84 Å². The van der Waals surface area contributed by atoms with Crippen molar-refractivity contribution in [3.63, 3.8) is 0 Å². The molecule has 2 heterocycles. The number of hydrogen-bond acceptors (Lipinski definition) is 5. The first-order chi connectivity index (χ1) is 8.90. The van der Waals surface area contributed by atoms with Gasteiger partial charge in [-0.2, -0.15) is 0 Å². The van der Waals surface area contributed by atoms with E-state index in [4.69, 9.17) is 9.52 Å². The van der Waals surface area contributed by atoms with Crippen LogP contribution in [0.1, 0.15) is 29.2 Å². The number of carbonyl (C=O) groups excluding carboxylic acids is 1. The molecular weight excluding hydrogens is 274 g/mol. The summed E-state index contributed by atoms with van der Waals surface area (Å²) in [4.78, 5) is 22.3. The molecule has 2 rings (SSSR count). The lowest BCUT2D eigenvalue weighted by atomic mass is 10.2. The van der Waals surface area contributed by atoms with Gasteiger partial charge in [0.05, 0.1) is 12.3 Å². The fraction of sp³-hybridized carbons (Fsp3) is 0.455. The number of carboxylic acids is 1. The number of nitrogens with one attached hydrogen (secondary N) is 1. The molecule has 1 aliphatic rings. The molecule has 1 aliphatic heterocycles. The minimum Gasteiger partial charge on any atom is -0.475 e. The van der Waals surface area contributed by atoms with E-state index in [0.717, 1.165) is 0 Å². The Morgan fingerprint density at radius 2 is 2.16 bits per heavy atom. The maximum absolute atomic E-state index is 11.7. The Morgan fingerprint density at radius 1 is 1.42 bits per heavy atom. The number of carboxylic acid groups (broad SMARTS) is 1. The van der Waals surface area contributed by atoms with Crippen molar-refractivity contribution in [1.82, 2.24) is 5.32 Å². The summed E-state index contributed by atoms with van der Waals surface area (Å²) in [5.41, 5.74) is 0. The van der Waals surface area contributed by atoms with Gasteiger partial charge in [-0.1, -0.05) is 0 Å². The number of hydrogen-bond donors (Lipinski definition) is 2. The molecular formula is C11H13NO6S.